The van der Waals surface area contributed by atoms with Gasteiger partial charge >= 0.3 is 5.69 Å². The molecule has 0 bridgehead atoms. The van der Waals surface area contributed by atoms with Gasteiger partial charge in [0.25, 0.3) is 11.8 Å². The topological polar surface area (TPSA) is 113 Å². The summed E-state index contributed by atoms with van der Waals surface area (Å²) >= 11 is 12.2. The Balaban J connectivity index is 1.83. The molecule has 2 aromatic carbocycles. The number of carbonyl (C=O) groups is 2. The average Bonchev–Trinajstić information content (AvgIpc) is 2.90. The van der Waals surface area contributed by atoms with Crippen LogP contribution in [0.5, 0.6) is 5.75 Å². The molecule has 8 nitrogen and oxygen atoms in total. The van der Waals surface area contributed by atoms with E-state index in [2.05, 4.69) is 5.43 Å². The quantitative estimate of drug-likeness (QED) is 0.316. The van der Waals surface area contributed by atoms with Gasteiger partial charge in [0.2, 0.25) is 0 Å². The summed E-state index contributed by atoms with van der Waals surface area (Å²) in [7, 11) is 0. The highest BCUT2D eigenvalue weighted by Gasteiger charge is 2.34. The Kier molecular flexibility index (Phi) is 5.87. The van der Waals surface area contributed by atoms with E-state index in [4.69, 9.17) is 23.8 Å². The van der Waals surface area contributed by atoms with Gasteiger partial charge in [0.1, 0.15) is 0 Å². The Morgan fingerprint density at radius 1 is 1.34 bits per heavy atom. The van der Waals surface area contributed by atoms with E-state index in [9.17, 15) is 24.8 Å². The van der Waals surface area contributed by atoms with Crippen molar-refractivity contribution >= 4 is 63.5 Å². The highest BCUT2D eigenvalue weighted by Crippen LogP contribution is 2.33. The van der Waals surface area contributed by atoms with Gasteiger partial charge in [0.15, 0.2) is 10.1 Å². The minimum absolute atomic E-state index is 0.0890. The van der Waals surface area contributed by atoms with Gasteiger partial charge < -0.3 is 5.11 Å². The third kappa shape index (κ3) is 4.39. The summed E-state index contributed by atoms with van der Waals surface area (Å²) in [6.45, 7) is 1.83. The minimum Gasteiger partial charge on any atom is -0.502 e. The second kappa shape index (κ2) is 8.19. The second-order valence-electron chi connectivity index (χ2n) is 5.95. The lowest BCUT2D eigenvalue weighted by Gasteiger charge is -2.16. The standard InChI is InChI=1S/C18H12ClN3O5S2/c1-9-2-4-11(12(19)6-9)16(24)20-21-17(25)15(29-18(21)28)8-10-3-5-14(23)13(7-10)22(26)27/h2-8,23H,1H3,(H,20,24)/b15-8+. The number of phenolic OH excluding ortho intramolecular Hbond substituents is 1. The fraction of sp³-hybridized carbons (Fsp3) is 0.0556. The number of hydrogen-bond acceptors (Lipinski definition) is 7. The Bertz CT molecular complexity index is 1100. The van der Waals surface area contributed by atoms with Crippen LogP contribution in [-0.4, -0.2) is 31.2 Å². The SMILES string of the molecule is Cc1ccc(C(=O)NN2C(=O)/C(=C\c3ccc(O)c([N+](=O)[O-])c3)SC2=S)c(Cl)c1. The van der Waals surface area contributed by atoms with Crippen LogP contribution in [0.15, 0.2) is 41.3 Å². The summed E-state index contributed by atoms with van der Waals surface area (Å²) in [6, 6.07) is 8.58. The van der Waals surface area contributed by atoms with Crippen LogP contribution >= 0.6 is 35.6 Å². The summed E-state index contributed by atoms with van der Waals surface area (Å²) in [6.07, 6.45) is 1.39. The zero-order chi connectivity index (χ0) is 21.3. The Morgan fingerprint density at radius 3 is 2.72 bits per heavy atom. The minimum atomic E-state index is -0.733. The molecular weight excluding hydrogens is 438 g/mol. The first-order chi connectivity index (χ1) is 13.7. The van der Waals surface area contributed by atoms with E-state index in [0.29, 0.717) is 5.56 Å². The normalized spacial score (nSPS) is 15.1. The number of nitrogens with zero attached hydrogens (tertiary/aromatic N) is 2. The van der Waals surface area contributed by atoms with Crippen molar-refractivity contribution < 1.29 is 19.6 Å². The van der Waals surface area contributed by atoms with Crippen LogP contribution in [0.4, 0.5) is 5.69 Å². The molecule has 0 spiro atoms. The number of halogens is 1. The number of benzene rings is 2. The maximum atomic E-state index is 12.6. The van der Waals surface area contributed by atoms with Crippen molar-refractivity contribution in [2.75, 3.05) is 0 Å². The van der Waals surface area contributed by atoms with Crippen molar-refractivity contribution in [2.24, 2.45) is 0 Å². The molecule has 2 aromatic rings. The van der Waals surface area contributed by atoms with Crippen molar-refractivity contribution in [1.29, 1.82) is 0 Å². The molecule has 1 saturated heterocycles. The number of nitro groups is 1. The first kappa shape index (κ1) is 20.8. The first-order valence-electron chi connectivity index (χ1n) is 8.00. The number of rotatable bonds is 4. The molecule has 0 saturated carbocycles. The number of nitro benzene ring substituents is 1. The zero-order valence-electron chi connectivity index (χ0n) is 14.7. The molecule has 0 atom stereocenters. The summed E-state index contributed by atoms with van der Waals surface area (Å²) in [5, 5.41) is 21.6. The van der Waals surface area contributed by atoms with E-state index in [1.807, 2.05) is 6.92 Å². The van der Waals surface area contributed by atoms with Crippen LogP contribution in [0, 0.1) is 17.0 Å². The molecule has 11 heteroatoms. The molecule has 148 valence electrons. The van der Waals surface area contributed by atoms with Crippen LogP contribution in [0.1, 0.15) is 21.5 Å². The number of amides is 2. The highest BCUT2D eigenvalue weighted by molar-refractivity contribution is 8.26. The smallest absolute Gasteiger partial charge is 0.311 e. The molecule has 0 radical (unpaired) electrons. The number of phenols is 1. The fourth-order valence-electron chi connectivity index (χ4n) is 2.46. The highest BCUT2D eigenvalue weighted by atomic mass is 35.5. The lowest BCUT2D eigenvalue weighted by Crippen LogP contribution is -2.44. The maximum absolute atomic E-state index is 12.6. The third-order valence-electron chi connectivity index (χ3n) is 3.87. The molecule has 1 aliphatic heterocycles. The molecular formula is C18H12ClN3O5S2. The number of hydrazine groups is 1. The predicted molar refractivity (Wildman–Crippen MR) is 113 cm³/mol. The van der Waals surface area contributed by atoms with Gasteiger partial charge in [-0.15, -0.1) is 0 Å². The number of nitrogens with one attached hydrogen (secondary N) is 1. The summed E-state index contributed by atoms with van der Waals surface area (Å²) in [5.41, 5.74) is 3.31. The van der Waals surface area contributed by atoms with Crippen molar-refractivity contribution in [3.8, 4) is 5.75 Å². The van der Waals surface area contributed by atoms with E-state index < -0.39 is 28.2 Å². The number of carbonyl (C=O) groups excluding carboxylic acids is 2. The Hall–Kier alpha value is -2.95. The molecule has 1 fully saturated rings. The van der Waals surface area contributed by atoms with Crippen LogP contribution in [-0.2, 0) is 4.79 Å². The molecule has 29 heavy (non-hydrogen) atoms. The Morgan fingerprint density at radius 2 is 2.07 bits per heavy atom. The monoisotopic (exact) mass is 449 g/mol. The number of aryl methyl sites for hydroxylation is 1. The zero-order valence-corrected chi connectivity index (χ0v) is 17.1. The third-order valence-corrected chi connectivity index (χ3v) is 5.49. The van der Waals surface area contributed by atoms with Crippen molar-refractivity contribution in [2.45, 2.75) is 6.92 Å². The number of thioether (sulfide) groups is 1. The molecule has 0 aliphatic carbocycles. The maximum Gasteiger partial charge on any atom is 0.311 e. The number of aromatic hydroxyl groups is 1. The van der Waals surface area contributed by atoms with Crippen LogP contribution in [0.2, 0.25) is 5.02 Å². The summed E-state index contributed by atoms with van der Waals surface area (Å²) < 4.78 is 0.0890. The molecule has 1 heterocycles. The van der Waals surface area contributed by atoms with Gasteiger partial charge in [-0.2, -0.15) is 5.01 Å². The molecule has 1 aliphatic rings. The molecule has 0 aromatic heterocycles. The van der Waals surface area contributed by atoms with Gasteiger partial charge in [-0.1, -0.05) is 35.5 Å². The van der Waals surface area contributed by atoms with Crippen molar-refractivity contribution in [3.63, 3.8) is 0 Å². The van der Waals surface area contributed by atoms with E-state index in [0.717, 1.165) is 34.5 Å². The predicted octanol–water partition coefficient (Wildman–Crippen LogP) is 3.81. The van der Waals surface area contributed by atoms with Gasteiger partial charge in [-0.25, -0.2) is 0 Å². The average molecular weight is 450 g/mol. The van der Waals surface area contributed by atoms with E-state index in [1.54, 1.807) is 12.1 Å². The number of hydrogen-bond donors (Lipinski definition) is 2. The molecule has 0 unspecified atom stereocenters. The molecule has 3 rings (SSSR count). The van der Waals surface area contributed by atoms with Crippen molar-refractivity contribution in [1.82, 2.24) is 10.4 Å². The van der Waals surface area contributed by atoms with Crippen LogP contribution < -0.4 is 5.43 Å². The van der Waals surface area contributed by atoms with E-state index >= 15 is 0 Å². The van der Waals surface area contributed by atoms with Crippen molar-refractivity contribution in [3.05, 3.63) is 73.1 Å². The second-order valence-corrected chi connectivity index (χ2v) is 8.03. The lowest BCUT2D eigenvalue weighted by atomic mass is 10.1. The molecule has 2 amide bonds. The fourth-order valence-corrected chi connectivity index (χ4v) is 3.96. The summed E-state index contributed by atoms with van der Waals surface area (Å²) in [4.78, 5) is 35.5. The molecule has 2 N–H and O–H groups in total. The van der Waals surface area contributed by atoms with Gasteiger partial charge in [-0.05, 0) is 54.5 Å². The van der Waals surface area contributed by atoms with Gasteiger partial charge in [-0.3, -0.25) is 25.1 Å². The summed E-state index contributed by atoms with van der Waals surface area (Å²) in [5.74, 6) is -1.68. The van der Waals surface area contributed by atoms with E-state index in [1.165, 1.54) is 18.2 Å². The van der Waals surface area contributed by atoms with Gasteiger partial charge in [0, 0.05) is 6.07 Å². The number of thiocarbonyl (C=S) groups is 1. The first-order valence-corrected chi connectivity index (χ1v) is 9.60. The largest absolute Gasteiger partial charge is 0.502 e. The van der Waals surface area contributed by atoms with Gasteiger partial charge in [0.05, 0.1) is 20.4 Å². The Labute approximate surface area is 179 Å². The van der Waals surface area contributed by atoms with E-state index in [-0.39, 0.29) is 19.8 Å². The van der Waals surface area contributed by atoms with Crippen LogP contribution in [0.25, 0.3) is 6.08 Å². The lowest BCUT2D eigenvalue weighted by molar-refractivity contribution is -0.385. The van der Waals surface area contributed by atoms with Crippen LogP contribution in [0.3, 0.4) is 0 Å².